The highest BCUT2D eigenvalue weighted by Crippen LogP contribution is 2.34. The number of rotatable bonds is 2. The molecule has 0 spiro atoms. The van der Waals surface area contributed by atoms with Crippen LogP contribution in [-0.2, 0) is 0 Å². The number of pyridine rings is 2. The highest BCUT2D eigenvalue weighted by molar-refractivity contribution is 6.32. The maximum absolute atomic E-state index is 11.5. The average Bonchev–Trinajstić information content (AvgIpc) is 2.47. The van der Waals surface area contributed by atoms with Gasteiger partial charge in [-0.15, -0.1) is 0 Å². The number of hydrogen-bond donors (Lipinski definition) is 2. The lowest BCUT2D eigenvalue weighted by molar-refractivity contribution is 0.0696. The lowest BCUT2D eigenvalue weighted by Crippen LogP contribution is -2.03. The molecular formula is C15H11BN2O3. The molecule has 0 amide bonds. The number of carbonyl (C=O) groups is 1. The second kappa shape index (κ2) is 4.90. The number of carboxylic acids is 1. The van der Waals surface area contributed by atoms with E-state index in [-0.39, 0.29) is 17.0 Å². The minimum absolute atomic E-state index is 0.177. The van der Waals surface area contributed by atoms with Gasteiger partial charge in [0.2, 0.25) is 0 Å². The molecule has 21 heavy (non-hydrogen) atoms. The van der Waals surface area contributed by atoms with Crippen molar-refractivity contribution in [1.29, 1.82) is 0 Å². The maximum Gasteiger partial charge on any atom is 0.340 e. The van der Waals surface area contributed by atoms with Crippen LogP contribution in [0.2, 0.25) is 0 Å². The summed E-state index contributed by atoms with van der Waals surface area (Å²) in [4.78, 5) is 19.7. The van der Waals surface area contributed by atoms with Crippen LogP contribution in [0.15, 0.2) is 42.7 Å². The van der Waals surface area contributed by atoms with Gasteiger partial charge in [0, 0.05) is 23.3 Å². The van der Waals surface area contributed by atoms with Gasteiger partial charge in [0.25, 0.3) is 0 Å². The van der Waals surface area contributed by atoms with Crippen LogP contribution in [0.25, 0.3) is 22.2 Å². The van der Waals surface area contributed by atoms with Crippen LogP contribution in [0, 0.1) is 0 Å². The Morgan fingerprint density at radius 1 is 1.14 bits per heavy atom. The van der Waals surface area contributed by atoms with Crippen molar-refractivity contribution in [2.24, 2.45) is 0 Å². The molecule has 6 heteroatoms. The molecule has 0 fully saturated rings. The van der Waals surface area contributed by atoms with Crippen LogP contribution in [0.5, 0.6) is 5.75 Å². The molecule has 0 bridgehead atoms. The van der Waals surface area contributed by atoms with Gasteiger partial charge in [-0.05, 0) is 6.07 Å². The van der Waals surface area contributed by atoms with E-state index >= 15 is 0 Å². The largest absolute Gasteiger partial charge is 0.505 e. The Morgan fingerprint density at radius 3 is 2.52 bits per heavy atom. The predicted octanol–water partition coefficient (Wildman–Crippen LogP) is 0.959. The lowest BCUT2D eigenvalue weighted by Gasteiger charge is -2.10. The fourth-order valence-corrected chi connectivity index (χ4v) is 2.23. The van der Waals surface area contributed by atoms with Gasteiger partial charge in [-0.25, -0.2) is 9.78 Å². The van der Waals surface area contributed by atoms with Crippen molar-refractivity contribution in [3.8, 4) is 17.0 Å². The smallest absolute Gasteiger partial charge is 0.340 e. The molecule has 0 aliphatic carbocycles. The Bertz CT molecular complexity index is 847. The van der Waals surface area contributed by atoms with Crippen molar-refractivity contribution in [2.45, 2.75) is 0 Å². The van der Waals surface area contributed by atoms with Gasteiger partial charge >= 0.3 is 5.97 Å². The molecule has 3 aromatic rings. The number of aromatic nitrogens is 2. The Labute approximate surface area is 121 Å². The maximum atomic E-state index is 11.5. The summed E-state index contributed by atoms with van der Waals surface area (Å²) in [6.45, 7) is 0. The Balaban J connectivity index is 2.36. The first-order valence-corrected chi connectivity index (χ1v) is 6.35. The molecule has 0 saturated carbocycles. The summed E-state index contributed by atoms with van der Waals surface area (Å²) in [5.41, 5.74) is 2.30. The first-order valence-electron chi connectivity index (χ1n) is 6.35. The van der Waals surface area contributed by atoms with E-state index in [0.29, 0.717) is 16.5 Å². The molecule has 0 aliphatic rings. The van der Waals surface area contributed by atoms with E-state index in [1.807, 2.05) is 20.0 Å². The third-order valence-corrected chi connectivity index (χ3v) is 3.30. The lowest BCUT2D eigenvalue weighted by atomic mass is 9.94. The first kappa shape index (κ1) is 13.1. The second-order valence-electron chi connectivity index (χ2n) is 4.75. The van der Waals surface area contributed by atoms with Gasteiger partial charge in [-0.2, -0.15) is 0 Å². The van der Waals surface area contributed by atoms with Gasteiger partial charge in [0.05, 0.1) is 5.52 Å². The Hall–Kier alpha value is -2.89. The van der Waals surface area contributed by atoms with Crippen molar-refractivity contribution < 1.29 is 15.0 Å². The van der Waals surface area contributed by atoms with E-state index in [1.165, 1.54) is 12.4 Å². The van der Waals surface area contributed by atoms with Gasteiger partial charge in [-0.3, -0.25) is 4.98 Å². The van der Waals surface area contributed by atoms with Gasteiger partial charge in [-0.1, -0.05) is 29.7 Å². The molecule has 102 valence electrons. The van der Waals surface area contributed by atoms with Crippen molar-refractivity contribution in [3.05, 3.63) is 48.3 Å². The molecule has 3 rings (SSSR count). The number of carboxylic acid groups (broad SMARTS) is 1. The van der Waals surface area contributed by atoms with Crippen LogP contribution in [0.1, 0.15) is 10.4 Å². The molecular weight excluding hydrogens is 267 g/mol. The SMILES string of the molecule is Bc1ccc(-c2nc3ccncc3c(C(=O)O)c2O)cc1. The van der Waals surface area contributed by atoms with E-state index in [1.54, 1.807) is 18.2 Å². The fraction of sp³-hybridized carbons (Fsp3) is 0. The molecule has 2 N–H and O–H groups in total. The summed E-state index contributed by atoms with van der Waals surface area (Å²) in [7, 11) is 1.95. The van der Waals surface area contributed by atoms with Crippen LogP contribution in [0.3, 0.4) is 0 Å². The van der Waals surface area contributed by atoms with E-state index in [0.717, 1.165) is 5.46 Å². The van der Waals surface area contributed by atoms with E-state index in [2.05, 4.69) is 9.97 Å². The highest BCUT2D eigenvalue weighted by Gasteiger charge is 2.20. The number of hydrogen-bond acceptors (Lipinski definition) is 4. The van der Waals surface area contributed by atoms with Crippen LogP contribution >= 0.6 is 0 Å². The first-order chi connectivity index (χ1) is 10.1. The van der Waals surface area contributed by atoms with Gasteiger partial charge < -0.3 is 10.2 Å². The molecule has 0 aliphatic heterocycles. The highest BCUT2D eigenvalue weighted by atomic mass is 16.4. The third-order valence-electron chi connectivity index (χ3n) is 3.30. The normalized spacial score (nSPS) is 10.7. The standard InChI is InChI=1S/C15H11BN2O3/c16-9-3-1-8(2-4-9)13-14(19)12(15(20)21)10-7-17-6-5-11(10)18-13/h1-7,19H,16H2,(H,20,21). The molecule has 2 aromatic heterocycles. The zero-order valence-corrected chi connectivity index (χ0v) is 11.2. The Morgan fingerprint density at radius 2 is 1.86 bits per heavy atom. The minimum Gasteiger partial charge on any atom is -0.505 e. The molecule has 0 saturated heterocycles. The summed E-state index contributed by atoms with van der Waals surface area (Å²) >= 11 is 0. The van der Waals surface area contributed by atoms with E-state index < -0.39 is 5.97 Å². The van der Waals surface area contributed by atoms with Gasteiger partial charge in [0.15, 0.2) is 5.75 Å². The zero-order chi connectivity index (χ0) is 15.0. The third kappa shape index (κ3) is 2.20. The topological polar surface area (TPSA) is 83.3 Å². The zero-order valence-electron chi connectivity index (χ0n) is 11.2. The molecule has 0 radical (unpaired) electrons. The number of aromatic hydroxyl groups is 1. The molecule has 2 heterocycles. The van der Waals surface area contributed by atoms with Crippen LogP contribution < -0.4 is 5.46 Å². The summed E-state index contributed by atoms with van der Waals surface area (Å²) in [5.74, 6) is -1.55. The minimum atomic E-state index is -1.21. The van der Waals surface area contributed by atoms with Crippen LogP contribution in [-0.4, -0.2) is 34.0 Å². The second-order valence-corrected chi connectivity index (χ2v) is 4.75. The quantitative estimate of drug-likeness (QED) is 0.682. The molecule has 1 aromatic carbocycles. The number of fused-ring (bicyclic) bond motifs is 1. The van der Waals surface area contributed by atoms with Crippen molar-refractivity contribution in [1.82, 2.24) is 9.97 Å². The number of aromatic carboxylic acids is 1. The Kier molecular flexibility index (Phi) is 3.06. The monoisotopic (exact) mass is 278 g/mol. The summed E-state index contributed by atoms with van der Waals surface area (Å²) in [5, 5.41) is 20.0. The van der Waals surface area contributed by atoms with Crippen molar-refractivity contribution in [2.75, 3.05) is 0 Å². The molecule has 0 atom stereocenters. The molecule has 5 nitrogen and oxygen atoms in total. The van der Waals surface area contributed by atoms with Gasteiger partial charge in [0.1, 0.15) is 19.1 Å². The number of nitrogens with zero attached hydrogens (tertiary/aromatic N) is 2. The van der Waals surface area contributed by atoms with Crippen molar-refractivity contribution in [3.63, 3.8) is 0 Å². The van der Waals surface area contributed by atoms with Crippen LogP contribution in [0.4, 0.5) is 0 Å². The number of benzene rings is 1. The fourth-order valence-electron chi connectivity index (χ4n) is 2.23. The van der Waals surface area contributed by atoms with E-state index in [4.69, 9.17) is 0 Å². The average molecular weight is 278 g/mol. The predicted molar refractivity (Wildman–Crippen MR) is 81.8 cm³/mol. The van der Waals surface area contributed by atoms with Crippen molar-refractivity contribution >= 4 is 30.2 Å². The van der Waals surface area contributed by atoms with E-state index in [9.17, 15) is 15.0 Å². The molecule has 0 unspecified atom stereocenters. The summed E-state index contributed by atoms with van der Waals surface area (Å²) < 4.78 is 0. The summed E-state index contributed by atoms with van der Waals surface area (Å²) in [6.07, 6.45) is 2.93. The summed E-state index contributed by atoms with van der Waals surface area (Å²) in [6, 6.07) is 8.99.